The molecule has 0 aromatic heterocycles. The molecule has 1 aliphatic heterocycles. The molecule has 44 heavy (non-hydrogen) atoms. The van der Waals surface area contributed by atoms with Crippen LogP contribution in [0.25, 0.3) is 0 Å². The Labute approximate surface area is 263 Å². The molecule has 0 aliphatic carbocycles. The summed E-state index contributed by atoms with van der Waals surface area (Å²) in [5.41, 5.74) is 9.67. The highest BCUT2D eigenvalue weighted by Crippen LogP contribution is 2.44. The normalized spacial score (nSPS) is 15.6. The third kappa shape index (κ3) is 5.57. The van der Waals surface area contributed by atoms with Crippen LogP contribution in [-0.2, 0) is 0 Å². The lowest BCUT2D eigenvalue weighted by molar-refractivity contribution is 1.44. The standard InChI is InChI=1S/C40H36N2P2/c1-27-15-19-37-33(23-27)41-34-24-28(2)16-20-38(34)44(32-13-9-6-10-14-32)40-22-18-30(4)26-36(40)42-35-25-29(3)17-21-39(35)43(37)31-11-7-5-8-12-31/h5-26,41-42H,1-4H3. The predicted molar refractivity (Wildman–Crippen MR) is 196 cm³/mol. The summed E-state index contributed by atoms with van der Waals surface area (Å²) in [5, 5.41) is 16.0. The van der Waals surface area contributed by atoms with E-state index in [0.717, 1.165) is 0 Å². The molecule has 0 spiro atoms. The van der Waals surface area contributed by atoms with Crippen molar-refractivity contribution in [3.63, 3.8) is 0 Å². The first-order valence-corrected chi connectivity index (χ1v) is 17.8. The Morgan fingerprint density at radius 2 is 0.614 bits per heavy atom. The molecule has 2 N–H and O–H groups in total. The number of anilines is 4. The summed E-state index contributed by atoms with van der Waals surface area (Å²) in [6, 6.07) is 49.8. The Hall–Kier alpha value is -4.22. The number of nitrogens with one attached hydrogen (secondary N) is 2. The topological polar surface area (TPSA) is 24.1 Å². The zero-order valence-corrected chi connectivity index (χ0v) is 27.4. The zero-order chi connectivity index (χ0) is 30.2. The molecule has 0 atom stereocenters. The first-order chi connectivity index (χ1) is 21.4. The lowest BCUT2D eigenvalue weighted by Crippen LogP contribution is -2.29. The van der Waals surface area contributed by atoms with Crippen LogP contribution in [0.5, 0.6) is 0 Å². The molecule has 0 radical (unpaired) electrons. The molecule has 0 saturated carbocycles. The summed E-state index contributed by atoms with van der Waals surface area (Å²) in [7, 11) is -1.77. The van der Waals surface area contributed by atoms with Crippen molar-refractivity contribution in [3.8, 4) is 0 Å². The minimum Gasteiger partial charge on any atom is -0.354 e. The lowest BCUT2D eigenvalue weighted by Gasteiger charge is -2.30. The first kappa shape index (κ1) is 28.5. The van der Waals surface area contributed by atoms with E-state index in [2.05, 4.69) is 172 Å². The van der Waals surface area contributed by atoms with Crippen LogP contribution in [0.1, 0.15) is 22.3 Å². The fraction of sp³-hybridized carbons (Fsp3) is 0.100. The Balaban J connectivity index is 1.59. The van der Waals surface area contributed by atoms with Crippen molar-refractivity contribution >= 4 is 70.4 Å². The SMILES string of the molecule is Cc1ccc2c(c1)Nc1cc(C)ccc1P(c1ccccc1)c1ccc(C)cc1Nc1cc(C)ccc1P2c1ccccc1. The van der Waals surface area contributed by atoms with Crippen LogP contribution in [0.15, 0.2) is 133 Å². The summed E-state index contributed by atoms with van der Waals surface area (Å²) in [4.78, 5) is 0. The molecule has 0 unspecified atom stereocenters. The molecular weight excluding hydrogens is 570 g/mol. The van der Waals surface area contributed by atoms with Gasteiger partial charge in [-0.2, -0.15) is 0 Å². The van der Waals surface area contributed by atoms with Crippen molar-refractivity contribution in [2.24, 2.45) is 0 Å². The molecule has 216 valence electrons. The van der Waals surface area contributed by atoms with Crippen LogP contribution < -0.4 is 42.5 Å². The summed E-state index contributed by atoms with van der Waals surface area (Å²) in [5.74, 6) is 0. The van der Waals surface area contributed by atoms with Gasteiger partial charge >= 0.3 is 0 Å². The van der Waals surface area contributed by atoms with Gasteiger partial charge in [0.2, 0.25) is 0 Å². The van der Waals surface area contributed by atoms with Crippen LogP contribution >= 0.6 is 15.8 Å². The molecule has 2 nitrogen and oxygen atoms in total. The van der Waals surface area contributed by atoms with Gasteiger partial charge in [-0.25, -0.2) is 0 Å². The first-order valence-electron chi connectivity index (χ1n) is 15.1. The molecule has 1 aliphatic rings. The third-order valence-corrected chi connectivity index (χ3v) is 13.3. The lowest BCUT2D eigenvalue weighted by atomic mass is 10.2. The Bertz CT molecular complexity index is 1720. The number of hydrogen-bond donors (Lipinski definition) is 2. The van der Waals surface area contributed by atoms with Gasteiger partial charge in [-0.3, -0.25) is 0 Å². The fourth-order valence-corrected chi connectivity index (χ4v) is 11.0. The number of aryl methyl sites for hydroxylation is 4. The number of fused-ring (bicyclic) bond motifs is 4. The maximum atomic E-state index is 4.04. The maximum Gasteiger partial charge on any atom is 0.0471 e. The number of benzene rings is 6. The second kappa shape index (κ2) is 12.0. The quantitative estimate of drug-likeness (QED) is 0.194. The van der Waals surface area contributed by atoms with E-state index in [1.54, 1.807) is 0 Å². The fourth-order valence-electron chi connectivity index (χ4n) is 6.04. The van der Waals surface area contributed by atoms with E-state index in [1.807, 2.05) is 0 Å². The average Bonchev–Trinajstić information content (AvgIpc) is 3.02. The Morgan fingerprint density at radius 1 is 0.341 bits per heavy atom. The average molecular weight is 607 g/mol. The van der Waals surface area contributed by atoms with Crippen molar-refractivity contribution in [2.75, 3.05) is 10.6 Å². The van der Waals surface area contributed by atoms with Crippen LogP contribution in [-0.4, -0.2) is 0 Å². The third-order valence-electron chi connectivity index (χ3n) is 8.14. The summed E-state index contributed by atoms with van der Waals surface area (Å²) in [6.07, 6.45) is 0. The number of rotatable bonds is 2. The molecule has 7 rings (SSSR count). The van der Waals surface area contributed by atoms with E-state index in [1.165, 1.54) is 76.8 Å². The maximum absolute atomic E-state index is 4.04. The van der Waals surface area contributed by atoms with E-state index in [-0.39, 0.29) is 0 Å². The van der Waals surface area contributed by atoms with Gasteiger partial charge in [0.25, 0.3) is 0 Å². The van der Waals surface area contributed by atoms with E-state index in [0.29, 0.717) is 0 Å². The summed E-state index contributed by atoms with van der Waals surface area (Å²) < 4.78 is 0. The van der Waals surface area contributed by atoms with Crippen LogP contribution in [0, 0.1) is 27.7 Å². The van der Waals surface area contributed by atoms with Crippen LogP contribution in [0.3, 0.4) is 0 Å². The molecule has 1 heterocycles. The smallest absolute Gasteiger partial charge is 0.0471 e. The van der Waals surface area contributed by atoms with Gasteiger partial charge in [0.15, 0.2) is 0 Å². The Morgan fingerprint density at radius 3 is 0.886 bits per heavy atom. The minimum atomic E-state index is -0.885. The molecule has 0 amide bonds. The largest absolute Gasteiger partial charge is 0.354 e. The summed E-state index contributed by atoms with van der Waals surface area (Å²) >= 11 is 0. The van der Waals surface area contributed by atoms with Crippen molar-refractivity contribution in [1.82, 2.24) is 0 Å². The van der Waals surface area contributed by atoms with Gasteiger partial charge in [-0.15, -0.1) is 0 Å². The van der Waals surface area contributed by atoms with Gasteiger partial charge in [0, 0.05) is 44.0 Å². The van der Waals surface area contributed by atoms with Crippen molar-refractivity contribution in [1.29, 1.82) is 0 Å². The minimum absolute atomic E-state index is 0.885. The molecule has 0 bridgehead atoms. The van der Waals surface area contributed by atoms with E-state index in [9.17, 15) is 0 Å². The zero-order valence-electron chi connectivity index (χ0n) is 25.6. The monoisotopic (exact) mass is 606 g/mol. The highest BCUT2D eigenvalue weighted by Gasteiger charge is 2.28. The predicted octanol–water partition coefficient (Wildman–Crippen LogP) is 8.24. The highest BCUT2D eigenvalue weighted by atomic mass is 31.1. The van der Waals surface area contributed by atoms with E-state index >= 15 is 0 Å². The molecule has 6 aromatic rings. The summed E-state index contributed by atoms with van der Waals surface area (Å²) in [6.45, 7) is 8.76. The molecule has 0 fully saturated rings. The highest BCUT2D eigenvalue weighted by molar-refractivity contribution is 7.81. The molecule has 6 aromatic carbocycles. The van der Waals surface area contributed by atoms with Gasteiger partial charge in [0.1, 0.15) is 0 Å². The Kier molecular flexibility index (Phi) is 7.82. The van der Waals surface area contributed by atoms with E-state index < -0.39 is 15.8 Å². The molecular formula is C40H36N2P2. The van der Waals surface area contributed by atoms with Gasteiger partial charge in [-0.1, -0.05) is 109 Å². The van der Waals surface area contributed by atoms with Crippen molar-refractivity contribution in [3.05, 3.63) is 156 Å². The number of hydrogen-bond acceptors (Lipinski definition) is 2. The van der Waals surface area contributed by atoms with Crippen molar-refractivity contribution in [2.45, 2.75) is 27.7 Å². The van der Waals surface area contributed by atoms with Gasteiger partial charge in [0.05, 0.1) is 0 Å². The van der Waals surface area contributed by atoms with Gasteiger partial charge in [-0.05, 0) is 101 Å². The van der Waals surface area contributed by atoms with Crippen LogP contribution in [0.2, 0.25) is 0 Å². The second-order valence-electron chi connectivity index (χ2n) is 11.7. The van der Waals surface area contributed by atoms with Gasteiger partial charge < -0.3 is 10.6 Å². The van der Waals surface area contributed by atoms with Crippen molar-refractivity contribution < 1.29 is 0 Å². The second-order valence-corrected chi connectivity index (χ2v) is 16.0. The van der Waals surface area contributed by atoms with Crippen LogP contribution in [0.4, 0.5) is 22.7 Å². The molecule has 4 heteroatoms. The molecule has 0 saturated heterocycles. The van der Waals surface area contributed by atoms with E-state index in [4.69, 9.17) is 0 Å².